The summed E-state index contributed by atoms with van der Waals surface area (Å²) in [4.78, 5) is 13.1. The Morgan fingerprint density at radius 3 is 2.76 bits per heavy atom. The summed E-state index contributed by atoms with van der Waals surface area (Å²) >= 11 is 0. The number of anilines is 2. The second-order valence-electron chi connectivity index (χ2n) is 6.36. The molecule has 0 saturated heterocycles. The summed E-state index contributed by atoms with van der Waals surface area (Å²) in [6, 6.07) is 0.450. The molecule has 0 bridgehead atoms. The Kier molecular flexibility index (Phi) is 3.44. The number of imidazole rings is 1. The Balaban J connectivity index is 1.94. The number of aliphatic hydroxyl groups is 1. The number of nitrogen functional groups attached to an aromatic ring is 1. The van der Waals surface area contributed by atoms with Crippen molar-refractivity contribution in [3.8, 4) is 0 Å². The standard InChI is InChI=1S/C14H22N6O/c1-14(2,21)7-16-13-18-11(15)10-12(19-13)20(8-17-10)9-5-3-4-6-9/h8-9,21H,3-7H2,1-2H3,(H3,15,16,18,19). The maximum atomic E-state index is 9.78. The smallest absolute Gasteiger partial charge is 0.226 e. The minimum absolute atomic E-state index is 0.357. The Labute approximate surface area is 123 Å². The zero-order chi connectivity index (χ0) is 15.0. The van der Waals surface area contributed by atoms with Gasteiger partial charge < -0.3 is 20.7 Å². The highest BCUT2D eigenvalue weighted by Crippen LogP contribution is 2.32. The van der Waals surface area contributed by atoms with Crippen LogP contribution in [0.25, 0.3) is 11.2 Å². The fourth-order valence-corrected chi connectivity index (χ4v) is 2.76. The number of nitrogens with zero attached hydrogens (tertiary/aromatic N) is 4. The highest BCUT2D eigenvalue weighted by Gasteiger charge is 2.21. The molecule has 0 aliphatic heterocycles. The number of hydrogen-bond acceptors (Lipinski definition) is 6. The second-order valence-corrected chi connectivity index (χ2v) is 6.36. The molecule has 2 aromatic heterocycles. The van der Waals surface area contributed by atoms with E-state index in [1.54, 1.807) is 13.8 Å². The van der Waals surface area contributed by atoms with Crippen molar-refractivity contribution in [3.05, 3.63) is 6.33 Å². The highest BCUT2D eigenvalue weighted by atomic mass is 16.3. The molecule has 0 aromatic carbocycles. The van der Waals surface area contributed by atoms with Crippen molar-refractivity contribution in [2.24, 2.45) is 0 Å². The third-order valence-corrected chi connectivity index (χ3v) is 3.85. The van der Waals surface area contributed by atoms with Gasteiger partial charge in [-0.3, -0.25) is 0 Å². The molecule has 1 aliphatic carbocycles. The molecule has 21 heavy (non-hydrogen) atoms. The van der Waals surface area contributed by atoms with Gasteiger partial charge in [0, 0.05) is 12.6 Å². The summed E-state index contributed by atoms with van der Waals surface area (Å²) < 4.78 is 2.11. The van der Waals surface area contributed by atoms with Gasteiger partial charge in [0.15, 0.2) is 11.5 Å². The van der Waals surface area contributed by atoms with Gasteiger partial charge in [-0.25, -0.2) is 4.98 Å². The average Bonchev–Trinajstić information content (AvgIpc) is 3.03. The minimum Gasteiger partial charge on any atom is -0.389 e. The molecule has 2 heterocycles. The lowest BCUT2D eigenvalue weighted by molar-refractivity contribution is 0.0943. The first-order chi connectivity index (χ1) is 9.94. The van der Waals surface area contributed by atoms with E-state index in [0.717, 1.165) is 18.5 Å². The van der Waals surface area contributed by atoms with E-state index in [1.807, 2.05) is 6.33 Å². The van der Waals surface area contributed by atoms with E-state index in [1.165, 1.54) is 12.8 Å². The van der Waals surface area contributed by atoms with Crippen LogP contribution in [0.2, 0.25) is 0 Å². The molecule has 4 N–H and O–H groups in total. The molecule has 0 spiro atoms. The van der Waals surface area contributed by atoms with Gasteiger partial charge in [0.2, 0.25) is 5.95 Å². The summed E-state index contributed by atoms with van der Waals surface area (Å²) in [7, 11) is 0. The topological polar surface area (TPSA) is 102 Å². The summed E-state index contributed by atoms with van der Waals surface area (Å²) in [5, 5.41) is 12.8. The zero-order valence-corrected chi connectivity index (χ0v) is 12.5. The molecule has 7 heteroatoms. The first-order valence-electron chi connectivity index (χ1n) is 7.40. The van der Waals surface area contributed by atoms with Crippen molar-refractivity contribution in [2.75, 3.05) is 17.6 Å². The van der Waals surface area contributed by atoms with Gasteiger partial charge in [0.05, 0.1) is 11.9 Å². The molecule has 1 aliphatic rings. The van der Waals surface area contributed by atoms with Crippen LogP contribution in [-0.2, 0) is 0 Å². The van der Waals surface area contributed by atoms with Gasteiger partial charge in [-0.2, -0.15) is 9.97 Å². The number of hydrogen-bond donors (Lipinski definition) is 3. The third-order valence-electron chi connectivity index (χ3n) is 3.85. The van der Waals surface area contributed by atoms with Crippen LogP contribution < -0.4 is 11.1 Å². The molecule has 1 saturated carbocycles. The number of nitrogens with two attached hydrogens (primary N) is 1. The monoisotopic (exact) mass is 290 g/mol. The van der Waals surface area contributed by atoms with Crippen LogP contribution in [0.15, 0.2) is 6.33 Å². The molecular weight excluding hydrogens is 268 g/mol. The van der Waals surface area contributed by atoms with Gasteiger partial charge >= 0.3 is 0 Å². The molecule has 114 valence electrons. The Morgan fingerprint density at radius 2 is 2.10 bits per heavy atom. The van der Waals surface area contributed by atoms with Gasteiger partial charge in [0.1, 0.15) is 5.52 Å². The molecule has 2 aromatic rings. The summed E-state index contributed by atoms with van der Waals surface area (Å²) in [5.74, 6) is 0.803. The third kappa shape index (κ3) is 2.92. The predicted molar refractivity (Wildman–Crippen MR) is 82.0 cm³/mol. The van der Waals surface area contributed by atoms with Crippen molar-refractivity contribution in [1.82, 2.24) is 19.5 Å². The first-order valence-corrected chi connectivity index (χ1v) is 7.40. The van der Waals surface area contributed by atoms with Gasteiger partial charge in [-0.1, -0.05) is 12.8 Å². The van der Waals surface area contributed by atoms with Crippen LogP contribution in [0.4, 0.5) is 11.8 Å². The molecule has 0 amide bonds. The summed E-state index contributed by atoms with van der Waals surface area (Å²) in [6.45, 7) is 3.81. The number of fused-ring (bicyclic) bond motifs is 1. The molecule has 0 radical (unpaired) electrons. The fourth-order valence-electron chi connectivity index (χ4n) is 2.76. The highest BCUT2D eigenvalue weighted by molar-refractivity contribution is 5.83. The molecular formula is C14H22N6O. The van der Waals surface area contributed by atoms with Crippen molar-refractivity contribution >= 4 is 22.9 Å². The molecule has 7 nitrogen and oxygen atoms in total. The fraction of sp³-hybridized carbons (Fsp3) is 0.643. The van der Waals surface area contributed by atoms with E-state index in [0.29, 0.717) is 29.9 Å². The Bertz CT molecular complexity index is 639. The maximum absolute atomic E-state index is 9.78. The van der Waals surface area contributed by atoms with Crippen LogP contribution >= 0.6 is 0 Å². The lowest BCUT2D eigenvalue weighted by atomic mass is 10.1. The van der Waals surface area contributed by atoms with E-state index < -0.39 is 5.60 Å². The van der Waals surface area contributed by atoms with E-state index in [2.05, 4.69) is 24.8 Å². The molecule has 0 atom stereocenters. The van der Waals surface area contributed by atoms with Gasteiger partial charge in [0.25, 0.3) is 0 Å². The van der Waals surface area contributed by atoms with Crippen LogP contribution in [-0.4, -0.2) is 36.8 Å². The van der Waals surface area contributed by atoms with Crippen molar-refractivity contribution < 1.29 is 5.11 Å². The summed E-state index contributed by atoms with van der Waals surface area (Å²) in [6.07, 6.45) is 6.61. The molecule has 3 rings (SSSR count). The number of rotatable bonds is 4. The Hall–Kier alpha value is -1.89. The normalized spacial score (nSPS) is 16.7. The summed E-state index contributed by atoms with van der Waals surface area (Å²) in [5.41, 5.74) is 6.56. The second kappa shape index (κ2) is 5.14. The van der Waals surface area contributed by atoms with Crippen LogP contribution in [0.1, 0.15) is 45.6 Å². The number of aromatic nitrogens is 4. The van der Waals surface area contributed by atoms with Gasteiger partial charge in [-0.05, 0) is 26.7 Å². The lowest BCUT2D eigenvalue weighted by Gasteiger charge is -2.18. The van der Waals surface area contributed by atoms with Crippen LogP contribution in [0.3, 0.4) is 0 Å². The van der Waals surface area contributed by atoms with Crippen LogP contribution in [0.5, 0.6) is 0 Å². The van der Waals surface area contributed by atoms with E-state index in [9.17, 15) is 5.11 Å². The van der Waals surface area contributed by atoms with Gasteiger partial charge in [-0.15, -0.1) is 0 Å². The van der Waals surface area contributed by atoms with E-state index in [-0.39, 0.29) is 0 Å². The number of nitrogens with one attached hydrogen (secondary N) is 1. The zero-order valence-electron chi connectivity index (χ0n) is 12.5. The van der Waals surface area contributed by atoms with Crippen LogP contribution in [0, 0.1) is 0 Å². The predicted octanol–water partition coefficient (Wildman–Crippen LogP) is 1.71. The largest absolute Gasteiger partial charge is 0.389 e. The van der Waals surface area contributed by atoms with E-state index in [4.69, 9.17) is 5.73 Å². The maximum Gasteiger partial charge on any atom is 0.226 e. The van der Waals surface area contributed by atoms with Crippen molar-refractivity contribution in [3.63, 3.8) is 0 Å². The quantitative estimate of drug-likeness (QED) is 0.792. The average molecular weight is 290 g/mol. The van der Waals surface area contributed by atoms with Crippen molar-refractivity contribution in [2.45, 2.75) is 51.2 Å². The molecule has 0 unspecified atom stereocenters. The Morgan fingerprint density at radius 1 is 1.38 bits per heavy atom. The van der Waals surface area contributed by atoms with Crippen molar-refractivity contribution in [1.29, 1.82) is 0 Å². The van der Waals surface area contributed by atoms with E-state index >= 15 is 0 Å². The minimum atomic E-state index is -0.835. The SMILES string of the molecule is CC(C)(O)CNc1nc(N)c2ncn(C3CCCC3)c2n1. The first kappa shape index (κ1) is 14.1. The lowest BCUT2D eigenvalue weighted by Crippen LogP contribution is -2.30. The molecule has 1 fully saturated rings.